The SMILES string of the molecule is NS(=O)(=O)c1ccc(C2=NCCN2c2ccc(F)cc2)cc1. The van der Waals surface area contributed by atoms with Gasteiger partial charge in [0.05, 0.1) is 11.4 Å². The van der Waals surface area contributed by atoms with Crippen molar-refractivity contribution in [3.8, 4) is 0 Å². The van der Waals surface area contributed by atoms with Crippen LogP contribution in [0.4, 0.5) is 10.1 Å². The first kappa shape index (κ1) is 14.7. The highest BCUT2D eigenvalue weighted by Crippen LogP contribution is 2.22. The normalized spacial score (nSPS) is 15.0. The Morgan fingerprint density at radius 2 is 1.68 bits per heavy atom. The molecule has 1 heterocycles. The predicted molar refractivity (Wildman–Crippen MR) is 83.0 cm³/mol. The molecule has 5 nitrogen and oxygen atoms in total. The van der Waals surface area contributed by atoms with Crippen LogP contribution in [0.15, 0.2) is 58.4 Å². The fraction of sp³-hybridized carbons (Fsp3) is 0.133. The maximum absolute atomic E-state index is 13.0. The van der Waals surface area contributed by atoms with Crippen molar-refractivity contribution in [3.63, 3.8) is 0 Å². The van der Waals surface area contributed by atoms with Crippen molar-refractivity contribution in [1.29, 1.82) is 0 Å². The molecule has 3 rings (SSSR count). The van der Waals surface area contributed by atoms with E-state index in [-0.39, 0.29) is 10.7 Å². The third-order valence-corrected chi connectivity index (χ3v) is 4.35. The van der Waals surface area contributed by atoms with Crippen LogP contribution in [0.25, 0.3) is 0 Å². The van der Waals surface area contributed by atoms with E-state index in [0.717, 1.165) is 17.1 Å². The summed E-state index contributed by atoms with van der Waals surface area (Å²) in [6.45, 7) is 1.32. The summed E-state index contributed by atoms with van der Waals surface area (Å²) in [5.41, 5.74) is 1.63. The van der Waals surface area contributed by atoms with Gasteiger partial charge in [-0.15, -0.1) is 0 Å². The van der Waals surface area contributed by atoms with Gasteiger partial charge < -0.3 is 4.90 Å². The molecule has 2 aromatic rings. The van der Waals surface area contributed by atoms with Gasteiger partial charge >= 0.3 is 0 Å². The summed E-state index contributed by atoms with van der Waals surface area (Å²) in [7, 11) is -3.71. The van der Waals surface area contributed by atoms with E-state index in [1.807, 2.05) is 4.90 Å². The Bertz CT molecular complexity index is 815. The summed E-state index contributed by atoms with van der Waals surface area (Å²) in [5.74, 6) is 0.437. The van der Waals surface area contributed by atoms with Gasteiger partial charge in [0.2, 0.25) is 10.0 Å². The van der Waals surface area contributed by atoms with Crippen molar-refractivity contribution in [2.75, 3.05) is 18.0 Å². The fourth-order valence-electron chi connectivity index (χ4n) is 2.36. The standard InChI is InChI=1S/C15H14FN3O2S/c16-12-3-5-13(6-4-12)19-10-9-18-15(19)11-1-7-14(8-2-11)22(17,20)21/h1-8H,9-10H2,(H2,17,20,21). The molecule has 2 N–H and O–H groups in total. The van der Waals surface area contributed by atoms with Crippen LogP contribution < -0.4 is 10.0 Å². The summed E-state index contributed by atoms with van der Waals surface area (Å²) in [6.07, 6.45) is 0. The number of anilines is 1. The van der Waals surface area contributed by atoms with Gasteiger partial charge in [0.15, 0.2) is 0 Å². The first-order chi connectivity index (χ1) is 10.4. The predicted octanol–water partition coefficient (Wildman–Crippen LogP) is 1.74. The molecule has 0 aromatic heterocycles. The van der Waals surface area contributed by atoms with Crippen molar-refractivity contribution in [2.45, 2.75) is 4.90 Å². The molecule has 0 unspecified atom stereocenters. The smallest absolute Gasteiger partial charge is 0.238 e. The number of hydrogen-bond donors (Lipinski definition) is 1. The van der Waals surface area contributed by atoms with Gasteiger partial charge in [-0.2, -0.15) is 0 Å². The lowest BCUT2D eigenvalue weighted by molar-refractivity contribution is 0.598. The van der Waals surface area contributed by atoms with Crippen molar-refractivity contribution in [2.24, 2.45) is 10.1 Å². The fourth-order valence-corrected chi connectivity index (χ4v) is 2.88. The minimum Gasteiger partial charge on any atom is -0.324 e. The number of rotatable bonds is 3. The average Bonchev–Trinajstić information content (AvgIpc) is 2.97. The molecule has 0 aliphatic carbocycles. The lowest BCUT2D eigenvalue weighted by Gasteiger charge is -2.20. The second-order valence-corrected chi connectivity index (χ2v) is 6.46. The Morgan fingerprint density at radius 1 is 1.05 bits per heavy atom. The van der Waals surface area contributed by atoms with Gasteiger partial charge in [0.1, 0.15) is 11.7 Å². The van der Waals surface area contributed by atoms with E-state index in [1.165, 1.54) is 24.3 Å². The summed E-state index contributed by atoms with van der Waals surface area (Å²) in [5, 5.41) is 5.09. The molecule has 0 saturated heterocycles. The van der Waals surface area contributed by atoms with Crippen molar-refractivity contribution in [1.82, 2.24) is 0 Å². The molecule has 1 aliphatic rings. The number of sulfonamides is 1. The zero-order valence-corrected chi connectivity index (χ0v) is 12.4. The first-order valence-corrected chi connectivity index (χ1v) is 8.20. The summed E-state index contributed by atoms with van der Waals surface area (Å²) < 4.78 is 35.6. The summed E-state index contributed by atoms with van der Waals surface area (Å²) in [4.78, 5) is 6.47. The molecule has 0 saturated carbocycles. The van der Waals surface area contributed by atoms with Crippen LogP contribution >= 0.6 is 0 Å². The van der Waals surface area contributed by atoms with Gasteiger partial charge in [0.25, 0.3) is 0 Å². The quantitative estimate of drug-likeness (QED) is 0.936. The zero-order valence-electron chi connectivity index (χ0n) is 11.6. The highest BCUT2D eigenvalue weighted by Gasteiger charge is 2.20. The minimum atomic E-state index is -3.71. The molecule has 0 radical (unpaired) electrons. The molecular formula is C15H14FN3O2S. The number of halogens is 1. The lowest BCUT2D eigenvalue weighted by Crippen LogP contribution is -2.28. The monoisotopic (exact) mass is 319 g/mol. The van der Waals surface area contributed by atoms with Crippen LogP contribution in [0.3, 0.4) is 0 Å². The van der Waals surface area contributed by atoms with Crippen LogP contribution in [0.2, 0.25) is 0 Å². The largest absolute Gasteiger partial charge is 0.324 e. The molecule has 7 heteroatoms. The van der Waals surface area contributed by atoms with E-state index in [9.17, 15) is 12.8 Å². The molecule has 0 fully saturated rings. The van der Waals surface area contributed by atoms with E-state index >= 15 is 0 Å². The van der Waals surface area contributed by atoms with Crippen LogP contribution in [0.5, 0.6) is 0 Å². The van der Waals surface area contributed by atoms with E-state index in [0.29, 0.717) is 13.1 Å². The summed E-state index contributed by atoms with van der Waals surface area (Å²) in [6, 6.07) is 12.4. The van der Waals surface area contributed by atoms with Crippen molar-refractivity contribution < 1.29 is 12.8 Å². The Morgan fingerprint density at radius 3 is 2.27 bits per heavy atom. The maximum atomic E-state index is 13.0. The Hall–Kier alpha value is -2.25. The van der Waals surface area contributed by atoms with Gasteiger partial charge in [0, 0.05) is 17.8 Å². The van der Waals surface area contributed by atoms with Gasteiger partial charge in [-0.25, -0.2) is 17.9 Å². The molecule has 0 amide bonds. The first-order valence-electron chi connectivity index (χ1n) is 6.66. The van der Waals surface area contributed by atoms with Gasteiger partial charge in [-0.3, -0.25) is 4.99 Å². The third kappa shape index (κ3) is 2.86. The van der Waals surface area contributed by atoms with Crippen LogP contribution in [-0.4, -0.2) is 27.3 Å². The Balaban J connectivity index is 1.92. The Kier molecular flexibility index (Phi) is 3.67. The molecule has 1 aliphatic heterocycles. The van der Waals surface area contributed by atoms with Crippen LogP contribution in [-0.2, 0) is 10.0 Å². The maximum Gasteiger partial charge on any atom is 0.238 e. The second kappa shape index (κ2) is 5.51. The molecule has 0 atom stereocenters. The second-order valence-electron chi connectivity index (χ2n) is 4.90. The lowest BCUT2D eigenvalue weighted by atomic mass is 10.2. The molecule has 0 spiro atoms. The number of aliphatic imine (C=N–C) groups is 1. The van der Waals surface area contributed by atoms with Crippen molar-refractivity contribution >= 4 is 21.5 Å². The molecule has 114 valence electrons. The number of hydrogen-bond acceptors (Lipinski definition) is 4. The van der Waals surface area contributed by atoms with Crippen LogP contribution in [0.1, 0.15) is 5.56 Å². The molecular weight excluding hydrogens is 305 g/mol. The van der Waals surface area contributed by atoms with E-state index in [4.69, 9.17) is 5.14 Å². The molecule has 0 bridgehead atoms. The van der Waals surface area contributed by atoms with E-state index < -0.39 is 10.0 Å². The van der Waals surface area contributed by atoms with E-state index in [2.05, 4.69) is 4.99 Å². The summed E-state index contributed by atoms with van der Waals surface area (Å²) >= 11 is 0. The number of nitrogens with two attached hydrogens (primary N) is 1. The minimum absolute atomic E-state index is 0.0585. The number of nitrogens with zero attached hydrogens (tertiary/aromatic N) is 2. The zero-order chi connectivity index (χ0) is 15.7. The van der Waals surface area contributed by atoms with Gasteiger partial charge in [-0.1, -0.05) is 0 Å². The van der Waals surface area contributed by atoms with E-state index in [1.54, 1.807) is 24.3 Å². The molecule has 22 heavy (non-hydrogen) atoms. The average molecular weight is 319 g/mol. The topological polar surface area (TPSA) is 75.8 Å². The van der Waals surface area contributed by atoms with Crippen LogP contribution in [0, 0.1) is 5.82 Å². The number of primary sulfonamides is 1. The highest BCUT2D eigenvalue weighted by molar-refractivity contribution is 7.89. The van der Waals surface area contributed by atoms with Crippen molar-refractivity contribution in [3.05, 3.63) is 59.9 Å². The number of benzene rings is 2. The number of amidine groups is 1. The third-order valence-electron chi connectivity index (χ3n) is 3.42. The highest BCUT2D eigenvalue weighted by atomic mass is 32.2. The Labute approximate surface area is 127 Å². The molecule has 2 aromatic carbocycles. The van der Waals surface area contributed by atoms with Gasteiger partial charge in [-0.05, 0) is 48.5 Å².